The Hall–Kier alpha value is -0.190. The van der Waals surface area contributed by atoms with Gasteiger partial charge in [0.1, 0.15) is 0 Å². The molecule has 0 amide bonds. The highest BCUT2D eigenvalue weighted by Gasteiger charge is 2.24. The van der Waals surface area contributed by atoms with E-state index in [2.05, 4.69) is 23.6 Å². The topological polar surface area (TPSA) is 32.5 Å². The second-order valence-corrected chi connectivity index (χ2v) is 4.95. The Morgan fingerprint density at radius 3 is 2.62 bits per heavy atom. The number of piperidine rings is 1. The van der Waals surface area contributed by atoms with E-state index in [9.17, 15) is 0 Å². The number of hydrogen-bond donors (Lipinski definition) is 1. The normalized spacial score (nSPS) is 22.6. The number of likely N-dealkylation sites (N-methyl/N-ethyl adjacent to an activating group) is 1. The Bertz CT molecular complexity index is 216. The largest absolute Gasteiger partial charge is 0.392 e. The van der Waals surface area contributed by atoms with Crippen LogP contribution in [0.1, 0.15) is 33.1 Å². The van der Waals surface area contributed by atoms with Crippen molar-refractivity contribution >= 4 is 17.2 Å². The molecule has 94 valence electrons. The molecule has 0 aromatic heterocycles. The zero-order chi connectivity index (χ0) is 12.0. The van der Waals surface area contributed by atoms with Gasteiger partial charge < -0.3 is 10.6 Å². The van der Waals surface area contributed by atoms with Crippen LogP contribution in [0.5, 0.6) is 0 Å². The molecule has 4 heteroatoms. The van der Waals surface area contributed by atoms with Gasteiger partial charge in [-0.05, 0) is 32.5 Å². The molecule has 0 saturated carbocycles. The van der Waals surface area contributed by atoms with Crippen molar-refractivity contribution in [2.45, 2.75) is 39.2 Å². The predicted molar refractivity (Wildman–Crippen MR) is 73.8 cm³/mol. The fourth-order valence-corrected chi connectivity index (χ4v) is 2.66. The third kappa shape index (κ3) is 4.00. The molecule has 0 aromatic carbocycles. The lowest BCUT2D eigenvalue weighted by atomic mass is 10.0. The monoisotopic (exact) mass is 243 g/mol. The Balaban J connectivity index is 2.40. The predicted octanol–water partition coefficient (Wildman–Crippen LogP) is 1.47. The first-order valence-electron chi connectivity index (χ1n) is 6.44. The van der Waals surface area contributed by atoms with Crippen molar-refractivity contribution in [3.63, 3.8) is 0 Å². The maximum absolute atomic E-state index is 5.81. The molecule has 1 unspecified atom stereocenters. The lowest BCUT2D eigenvalue weighted by Gasteiger charge is -2.36. The second-order valence-electron chi connectivity index (χ2n) is 4.48. The van der Waals surface area contributed by atoms with Crippen LogP contribution < -0.4 is 5.73 Å². The Morgan fingerprint density at radius 1 is 1.38 bits per heavy atom. The van der Waals surface area contributed by atoms with Crippen molar-refractivity contribution in [1.29, 1.82) is 0 Å². The van der Waals surface area contributed by atoms with E-state index >= 15 is 0 Å². The van der Waals surface area contributed by atoms with E-state index < -0.39 is 0 Å². The minimum absolute atomic E-state index is 0.347. The SMILES string of the molecule is CCN(CC)CCN1CCCCC1C(N)=S. The van der Waals surface area contributed by atoms with Crippen molar-refractivity contribution in [2.24, 2.45) is 5.73 Å². The number of nitrogens with zero attached hydrogens (tertiary/aromatic N) is 2. The lowest BCUT2D eigenvalue weighted by molar-refractivity contribution is 0.163. The highest BCUT2D eigenvalue weighted by molar-refractivity contribution is 7.80. The molecule has 0 radical (unpaired) electrons. The molecular weight excluding hydrogens is 218 g/mol. The molecule has 2 N–H and O–H groups in total. The zero-order valence-electron chi connectivity index (χ0n) is 10.6. The van der Waals surface area contributed by atoms with Gasteiger partial charge in [-0.2, -0.15) is 0 Å². The van der Waals surface area contributed by atoms with Crippen LogP contribution in [-0.4, -0.2) is 53.6 Å². The van der Waals surface area contributed by atoms with Gasteiger partial charge in [-0.25, -0.2) is 0 Å². The molecule has 1 atom stereocenters. The quantitative estimate of drug-likeness (QED) is 0.716. The third-order valence-corrected chi connectivity index (χ3v) is 3.81. The Morgan fingerprint density at radius 2 is 2.06 bits per heavy atom. The zero-order valence-corrected chi connectivity index (χ0v) is 11.4. The summed E-state index contributed by atoms with van der Waals surface area (Å²) in [7, 11) is 0. The first-order chi connectivity index (χ1) is 7.69. The van der Waals surface area contributed by atoms with Crippen LogP contribution in [0.2, 0.25) is 0 Å². The van der Waals surface area contributed by atoms with Gasteiger partial charge in [0.05, 0.1) is 11.0 Å². The minimum atomic E-state index is 0.347. The fraction of sp³-hybridized carbons (Fsp3) is 0.917. The summed E-state index contributed by atoms with van der Waals surface area (Å²) in [6, 6.07) is 0.347. The molecule has 16 heavy (non-hydrogen) atoms. The fourth-order valence-electron chi connectivity index (χ4n) is 2.39. The summed E-state index contributed by atoms with van der Waals surface area (Å²) < 4.78 is 0. The number of rotatable bonds is 6. The summed E-state index contributed by atoms with van der Waals surface area (Å²) in [6.07, 6.45) is 3.70. The number of likely N-dealkylation sites (tertiary alicyclic amines) is 1. The number of thiocarbonyl (C=S) groups is 1. The molecule has 0 aromatic rings. The molecule has 0 aliphatic carbocycles. The van der Waals surface area contributed by atoms with Gasteiger partial charge in [0.2, 0.25) is 0 Å². The molecule has 1 saturated heterocycles. The van der Waals surface area contributed by atoms with Crippen LogP contribution in [0.4, 0.5) is 0 Å². The van der Waals surface area contributed by atoms with Crippen molar-refractivity contribution in [2.75, 3.05) is 32.7 Å². The van der Waals surface area contributed by atoms with Crippen molar-refractivity contribution in [3.8, 4) is 0 Å². The summed E-state index contributed by atoms with van der Waals surface area (Å²) in [5.41, 5.74) is 5.81. The van der Waals surface area contributed by atoms with E-state index in [4.69, 9.17) is 18.0 Å². The van der Waals surface area contributed by atoms with E-state index in [1.54, 1.807) is 0 Å². The summed E-state index contributed by atoms with van der Waals surface area (Å²) in [5, 5.41) is 0. The van der Waals surface area contributed by atoms with Crippen molar-refractivity contribution in [3.05, 3.63) is 0 Å². The van der Waals surface area contributed by atoms with Gasteiger partial charge >= 0.3 is 0 Å². The van der Waals surface area contributed by atoms with Crippen LogP contribution in [0.15, 0.2) is 0 Å². The molecular formula is C12H25N3S. The van der Waals surface area contributed by atoms with E-state index in [-0.39, 0.29) is 0 Å². The van der Waals surface area contributed by atoms with Gasteiger partial charge in [-0.1, -0.05) is 32.5 Å². The van der Waals surface area contributed by atoms with Crippen LogP contribution in [-0.2, 0) is 0 Å². The van der Waals surface area contributed by atoms with Crippen LogP contribution in [0.25, 0.3) is 0 Å². The molecule has 1 aliphatic rings. The van der Waals surface area contributed by atoms with Crippen LogP contribution >= 0.6 is 12.2 Å². The molecule has 1 fully saturated rings. The van der Waals surface area contributed by atoms with E-state index in [0.29, 0.717) is 11.0 Å². The Labute approximate surface area is 105 Å². The molecule has 1 heterocycles. The van der Waals surface area contributed by atoms with Gasteiger partial charge in [0.15, 0.2) is 0 Å². The molecule has 0 spiro atoms. The van der Waals surface area contributed by atoms with Crippen molar-refractivity contribution in [1.82, 2.24) is 9.80 Å². The summed E-state index contributed by atoms with van der Waals surface area (Å²) in [5.74, 6) is 0. The summed E-state index contributed by atoms with van der Waals surface area (Å²) in [6.45, 7) is 10.1. The van der Waals surface area contributed by atoms with E-state index in [1.807, 2.05) is 0 Å². The third-order valence-electron chi connectivity index (χ3n) is 3.54. The van der Waals surface area contributed by atoms with E-state index in [0.717, 1.165) is 39.1 Å². The average Bonchev–Trinajstić information content (AvgIpc) is 2.30. The highest BCUT2D eigenvalue weighted by Crippen LogP contribution is 2.16. The van der Waals surface area contributed by atoms with Gasteiger partial charge in [-0.15, -0.1) is 0 Å². The molecule has 0 bridgehead atoms. The molecule has 1 aliphatic heterocycles. The molecule has 3 nitrogen and oxygen atoms in total. The minimum Gasteiger partial charge on any atom is -0.392 e. The summed E-state index contributed by atoms with van der Waals surface area (Å²) in [4.78, 5) is 5.59. The first kappa shape index (κ1) is 13.9. The summed E-state index contributed by atoms with van der Waals surface area (Å²) >= 11 is 5.15. The number of hydrogen-bond acceptors (Lipinski definition) is 3. The van der Waals surface area contributed by atoms with Gasteiger partial charge in [-0.3, -0.25) is 4.90 Å². The standard InChI is InChI=1S/C12H25N3S/c1-3-14(4-2)9-10-15-8-6-5-7-11(15)12(13)16/h11H,3-10H2,1-2H3,(H2,13,16). The second kappa shape index (κ2) is 7.20. The van der Waals surface area contributed by atoms with Gasteiger partial charge in [0, 0.05) is 13.1 Å². The van der Waals surface area contributed by atoms with Crippen molar-refractivity contribution < 1.29 is 0 Å². The van der Waals surface area contributed by atoms with E-state index in [1.165, 1.54) is 12.8 Å². The Kier molecular flexibility index (Phi) is 6.24. The highest BCUT2D eigenvalue weighted by atomic mass is 32.1. The average molecular weight is 243 g/mol. The number of nitrogens with two attached hydrogens (primary N) is 1. The molecule has 1 rings (SSSR count). The smallest absolute Gasteiger partial charge is 0.0902 e. The lowest BCUT2D eigenvalue weighted by Crippen LogP contribution is -2.49. The van der Waals surface area contributed by atoms with Crippen LogP contribution in [0, 0.1) is 0 Å². The van der Waals surface area contributed by atoms with Gasteiger partial charge in [0.25, 0.3) is 0 Å². The maximum atomic E-state index is 5.81. The maximum Gasteiger partial charge on any atom is 0.0902 e. The van der Waals surface area contributed by atoms with Crippen LogP contribution in [0.3, 0.4) is 0 Å². The first-order valence-corrected chi connectivity index (χ1v) is 6.85.